The van der Waals surface area contributed by atoms with Crippen molar-refractivity contribution in [2.75, 3.05) is 16.4 Å². The summed E-state index contributed by atoms with van der Waals surface area (Å²) >= 11 is 3.48. The minimum Gasteiger partial charge on any atom is -0.393 e. The van der Waals surface area contributed by atoms with Crippen LogP contribution in [0.4, 0.5) is 23.0 Å². The van der Waals surface area contributed by atoms with Crippen molar-refractivity contribution < 1.29 is 0 Å². The number of rotatable bonds is 6. The van der Waals surface area contributed by atoms with E-state index in [2.05, 4.69) is 60.8 Å². The summed E-state index contributed by atoms with van der Waals surface area (Å²) in [5, 5.41) is 6.75. The van der Waals surface area contributed by atoms with Crippen LogP contribution in [0.1, 0.15) is 17.2 Å². The third-order valence-electron chi connectivity index (χ3n) is 4.52. The molecule has 144 valence electrons. The molecule has 1 heterocycles. The molecule has 1 aromatic heterocycles. The van der Waals surface area contributed by atoms with Crippen LogP contribution < -0.4 is 16.4 Å². The Morgan fingerprint density at radius 2 is 1.38 bits per heavy atom. The Kier molecular flexibility index (Phi) is 5.72. The fourth-order valence-corrected chi connectivity index (χ4v) is 3.50. The van der Waals surface area contributed by atoms with Crippen molar-refractivity contribution in [1.29, 1.82) is 0 Å². The van der Waals surface area contributed by atoms with Gasteiger partial charge in [0.05, 0.1) is 6.04 Å². The smallest absolute Gasteiger partial charge is 0.159 e. The van der Waals surface area contributed by atoms with Gasteiger partial charge in [-0.3, -0.25) is 0 Å². The highest BCUT2D eigenvalue weighted by Crippen LogP contribution is 2.32. The second kappa shape index (κ2) is 8.75. The van der Waals surface area contributed by atoms with Crippen LogP contribution in [0.5, 0.6) is 0 Å². The molecule has 0 aliphatic heterocycles. The molecular formula is C23H20BrN5. The monoisotopic (exact) mass is 445 g/mol. The van der Waals surface area contributed by atoms with E-state index in [-0.39, 0.29) is 6.04 Å². The summed E-state index contributed by atoms with van der Waals surface area (Å²) in [6.45, 7) is 0. The number of anilines is 4. The highest BCUT2D eigenvalue weighted by molar-refractivity contribution is 9.10. The molecule has 4 N–H and O–H groups in total. The highest BCUT2D eigenvalue weighted by Gasteiger charge is 2.17. The van der Waals surface area contributed by atoms with Crippen LogP contribution in [-0.4, -0.2) is 9.97 Å². The van der Waals surface area contributed by atoms with Gasteiger partial charge in [0.15, 0.2) is 11.6 Å². The average molecular weight is 446 g/mol. The maximum Gasteiger partial charge on any atom is 0.159 e. The molecule has 0 atom stereocenters. The Morgan fingerprint density at radius 3 is 2.00 bits per heavy atom. The Hall–Kier alpha value is -3.38. The molecule has 0 aliphatic carbocycles. The fourth-order valence-electron chi connectivity index (χ4n) is 3.10. The number of hydrogen-bond acceptors (Lipinski definition) is 5. The highest BCUT2D eigenvalue weighted by atomic mass is 79.9. The van der Waals surface area contributed by atoms with Gasteiger partial charge in [-0.25, -0.2) is 9.97 Å². The van der Waals surface area contributed by atoms with Crippen molar-refractivity contribution in [2.24, 2.45) is 0 Å². The van der Waals surface area contributed by atoms with E-state index < -0.39 is 0 Å². The molecule has 4 rings (SSSR count). The molecule has 0 unspecified atom stereocenters. The Bertz CT molecular complexity index is 1050. The molecule has 0 aliphatic rings. The van der Waals surface area contributed by atoms with Crippen molar-refractivity contribution in [2.45, 2.75) is 6.04 Å². The van der Waals surface area contributed by atoms with E-state index in [1.54, 1.807) is 0 Å². The van der Waals surface area contributed by atoms with Crippen molar-refractivity contribution in [3.8, 4) is 0 Å². The zero-order valence-corrected chi connectivity index (χ0v) is 17.2. The number of nitrogen functional groups attached to an aromatic ring is 1. The van der Waals surface area contributed by atoms with E-state index in [1.165, 1.54) is 6.33 Å². The van der Waals surface area contributed by atoms with Gasteiger partial charge < -0.3 is 16.4 Å². The molecule has 29 heavy (non-hydrogen) atoms. The van der Waals surface area contributed by atoms with E-state index in [0.29, 0.717) is 17.3 Å². The Labute approximate surface area is 178 Å². The van der Waals surface area contributed by atoms with Crippen molar-refractivity contribution in [3.05, 3.63) is 107 Å². The van der Waals surface area contributed by atoms with Crippen LogP contribution in [0, 0.1) is 0 Å². The summed E-state index contributed by atoms with van der Waals surface area (Å²) in [6, 6.07) is 28.2. The molecule has 0 saturated carbocycles. The molecule has 0 amide bonds. The van der Waals surface area contributed by atoms with E-state index in [1.807, 2.05) is 60.7 Å². The van der Waals surface area contributed by atoms with Crippen LogP contribution >= 0.6 is 15.9 Å². The third-order valence-corrected chi connectivity index (χ3v) is 5.01. The predicted octanol–water partition coefficient (Wildman–Crippen LogP) is 5.77. The minimum absolute atomic E-state index is 0.0895. The van der Waals surface area contributed by atoms with Crippen LogP contribution in [0.25, 0.3) is 0 Å². The molecule has 3 aromatic carbocycles. The van der Waals surface area contributed by atoms with Gasteiger partial charge in [-0.05, 0) is 29.3 Å². The SMILES string of the molecule is Nc1c(Nc2cccc(Br)c2)ncnc1NC(c1ccccc1)c1ccccc1. The van der Waals surface area contributed by atoms with Crippen LogP contribution in [0.2, 0.25) is 0 Å². The average Bonchev–Trinajstić information content (AvgIpc) is 2.76. The summed E-state index contributed by atoms with van der Waals surface area (Å²) in [4.78, 5) is 8.71. The lowest BCUT2D eigenvalue weighted by molar-refractivity contribution is 0.924. The minimum atomic E-state index is -0.0895. The normalized spacial score (nSPS) is 10.7. The van der Waals surface area contributed by atoms with Crippen LogP contribution in [0.15, 0.2) is 95.7 Å². The lowest BCUT2D eigenvalue weighted by Gasteiger charge is -2.22. The maximum atomic E-state index is 6.41. The first-order valence-electron chi connectivity index (χ1n) is 9.20. The first-order valence-corrected chi connectivity index (χ1v) is 9.99. The zero-order chi connectivity index (χ0) is 20.1. The summed E-state index contributed by atoms with van der Waals surface area (Å²) in [5.74, 6) is 1.13. The molecule has 6 heteroatoms. The first kappa shape index (κ1) is 19.0. The standard InChI is InChI=1S/C23H20BrN5/c24-18-12-7-13-19(14-18)28-22-20(25)23(27-15-26-22)29-21(16-8-3-1-4-9-16)17-10-5-2-6-11-17/h1-15,21H,25H2,(H2,26,27,28,29). The lowest BCUT2D eigenvalue weighted by atomic mass is 9.99. The third kappa shape index (κ3) is 4.55. The van der Waals surface area contributed by atoms with Crippen molar-refractivity contribution in [3.63, 3.8) is 0 Å². The molecule has 4 aromatic rings. The van der Waals surface area contributed by atoms with Gasteiger partial charge in [0, 0.05) is 10.2 Å². The van der Waals surface area contributed by atoms with Crippen molar-refractivity contribution in [1.82, 2.24) is 9.97 Å². The molecule has 0 radical (unpaired) electrons. The number of benzene rings is 3. The first-order chi connectivity index (χ1) is 14.2. The van der Waals surface area contributed by atoms with E-state index in [4.69, 9.17) is 5.73 Å². The van der Waals surface area contributed by atoms with Crippen LogP contribution in [0.3, 0.4) is 0 Å². The predicted molar refractivity (Wildman–Crippen MR) is 122 cm³/mol. The Balaban J connectivity index is 1.66. The number of hydrogen-bond donors (Lipinski definition) is 3. The van der Waals surface area contributed by atoms with E-state index in [9.17, 15) is 0 Å². The van der Waals surface area contributed by atoms with Gasteiger partial charge in [-0.2, -0.15) is 0 Å². The van der Waals surface area contributed by atoms with Gasteiger partial charge in [0.2, 0.25) is 0 Å². The molecule has 0 spiro atoms. The van der Waals surface area contributed by atoms with Gasteiger partial charge >= 0.3 is 0 Å². The number of aromatic nitrogens is 2. The summed E-state index contributed by atoms with van der Waals surface area (Å²) in [6.07, 6.45) is 1.51. The lowest BCUT2D eigenvalue weighted by Crippen LogP contribution is -2.15. The van der Waals surface area contributed by atoms with Gasteiger partial charge in [0.25, 0.3) is 0 Å². The number of nitrogens with one attached hydrogen (secondary N) is 2. The number of nitrogens with zero attached hydrogens (tertiary/aromatic N) is 2. The topological polar surface area (TPSA) is 75.9 Å². The van der Waals surface area contributed by atoms with E-state index in [0.717, 1.165) is 21.3 Å². The summed E-state index contributed by atoms with van der Waals surface area (Å²) < 4.78 is 0.974. The van der Waals surface area contributed by atoms with Gasteiger partial charge in [-0.1, -0.05) is 82.7 Å². The van der Waals surface area contributed by atoms with Gasteiger partial charge in [0.1, 0.15) is 12.0 Å². The largest absolute Gasteiger partial charge is 0.393 e. The summed E-state index contributed by atoms with van der Waals surface area (Å²) in [5.41, 5.74) is 10.0. The maximum absolute atomic E-state index is 6.41. The quantitative estimate of drug-likeness (QED) is 0.351. The molecular weight excluding hydrogens is 426 g/mol. The second-order valence-electron chi connectivity index (χ2n) is 6.52. The van der Waals surface area contributed by atoms with Crippen LogP contribution in [-0.2, 0) is 0 Å². The number of halogens is 1. The molecule has 0 bridgehead atoms. The molecule has 0 fully saturated rings. The number of nitrogens with two attached hydrogens (primary N) is 1. The van der Waals surface area contributed by atoms with Crippen molar-refractivity contribution >= 4 is 38.9 Å². The fraction of sp³-hybridized carbons (Fsp3) is 0.0435. The zero-order valence-electron chi connectivity index (χ0n) is 15.6. The Morgan fingerprint density at radius 1 is 0.759 bits per heavy atom. The molecule has 0 saturated heterocycles. The second-order valence-corrected chi connectivity index (χ2v) is 7.43. The molecule has 5 nitrogen and oxygen atoms in total. The van der Waals surface area contributed by atoms with E-state index >= 15 is 0 Å². The van der Waals surface area contributed by atoms with Gasteiger partial charge in [-0.15, -0.1) is 0 Å². The summed E-state index contributed by atoms with van der Waals surface area (Å²) in [7, 11) is 0.